The lowest BCUT2D eigenvalue weighted by atomic mass is 10.3. The number of hydrogen-bond acceptors (Lipinski definition) is 3. The monoisotopic (exact) mass is 192 g/mol. The summed E-state index contributed by atoms with van der Waals surface area (Å²) in [6.45, 7) is 7.12. The lowest BCUT2D eigenvalue weighted by molar-refractivity contribution is 0.302. The van der Waals surface area contributed by atoms with Crippen LogP contribution >= 0.6 is 0 Å². The molecule has 0 amide bonds. The molecule has 1 aromatic heterocycles. The molecule has 0 bridgehead atoms. The average molecular weight is 192 g/mol. The van der Waals surface area contributed by atoms with Crippen LogP contribution in [-0.4, -0.2) is 29.8 Å². The zero-order chi connectivity index (χ0) is 10.4. The molecule has 1 rings (SSSR count). The van der Waals surface area contributed by atoms with Crippen LogP contribution in [0.2, 0.25) is 0 Å². The second kappa shape index (κ2) is 5.40. The zero-order valence-electron chi connectivity index (χ0n) is 8.48. The van der Waals surface area contributed by atoms with E-state index in [-0.39, 0.29) is 6.61 Å². The molecule has 0 aliphatic rings. The first kappa shape index (κ1) is 10.7. The summed E-state index contributed by atoms with van der Waals surface area (Å²) in [6.07, 6.45) is 3.58. The van der Waals surface area contributed by atoms with Crippen LogP contribution in [-0.2, 0) is 0 Å². The maximum atomic E-state index is 8.89. The van der Waals surface area contributed by atoms with E-state index in [0.717, 1.165) is 5.82 Å². The molecule has 14 heavy (non-hydrogen) atoms. The summed E-state index contributed by atoms with van der Waals surface area (Å²) >= 11 is 0. The molecule has 1 heterocycles. The van der Waals surface area contributed by atoms with E-state index in [9.17, 15) is 0 Å². The van der Waals surface area contributed by atoms with E-state index in [1.807, 2.05) is 24.0 Å². The number of aryl methyl sites for hydroxylation is 1. The van der Waals surface area contributed by atoms with Crippen molar-refractivity contribution in [2.24, 2.45) is 0 Å². The molecule has 1 N–H and O–H groups in total. The van der Waals surface area contributed by atoms with Gasteiger partial charge < -0.3 is 10.0 Å². The first-order valence-electron chi connectivity index (χ1n) is 4.67. The Morgan fingerprint density at radius 3 is 3.00 bits per heavy atom. The van der Waals surface area contributed by atoms with Gasteiger partial charge in [0, 0.05) is 19.3 Å². The van der Waals surface area contributed by atoms with Crippen LogP contribution in [0.5, 0.6) is 0 Å². The molecule has 0 saturated heterocycles. The Hall–Kier alpha value is -1.35. The second-order valence-corrected chi connectivity index (χ2v) is 3.15. The van der Waals surface area contributed by atoms with Gasteiger partial charge in [-0.3, -0.25) is 0 Å². The van der Waals surface area contributed by atoms with Crippen LogP contribution < -0.4 is 4.90 Å². The summed E-state index contributed by atoms with van der Waals surface area (Å²) in [6, 6.07) is 3.95. The van der Waals surface area contributed by atoms with Gasteiger partial charge in [0.1, 0.15) is 5.82 Å². The van der Waals surface area contributed by atoms with Crippen molar-refractivity contribution in [3.8, 4) is 0 Å². The summed E-state index contributed by atoms with van der Waals surface area (Å²) in [5.74, 6) is 0.888. The standard InChI is InChI=1S/C11H16N2O/c1-3-6-13(7-8-14)11-9-10(2)4-5-12-11/h3-5,9,14H,1,6-8H2,2H3. The van der Waals surface area contributed by atoms with E-state index in [2.05, 4.69) is 11.6 Å². The summed E-state index contributed by atoms with van der Waals surface area (Å²) in [4.78, 5) is 6.23. The van der Waals surface area contributed by atoms with Gasteiger partial charge in [0.25, 0.3) is 0 Å². The molecule has 0 saturated carbocycles. The lowest BCUT2D eigenvalue weighted by Crippen LogP contribution is -2.27. The van der Waals surface area contributed by atoms with Gasteiger partial charge in [-0.15, -0.1) is 6.58 Å². The van der Waals surface area contributed by atoms with Crippen LogP contribution in [0.4, 0.5) is 5.82 Å². The van der Waals surface area contributed by atoms with Crippen molar-refractivity contribution in [1.29, 1.82) is 0 Å². The highest BCUT2D eigenvalue weighted by Gasteiger charge is 2.04. The third-order valence-electron chi connectivity index (χ3n) is 1.94. The smallest absolute Gasteiger partial charge is 0.129 e. The number of aromatic nitrogens is 1. The van der Waals surface area contributed by atoms with Crippen molar-refractivity contribution in [3.05, 3.63) is 36.5 Å². The van der Waals surface area contributed by atoms with Crippen LogP contribution in [0.1, 0.15) is 5.56 Å². The summed E-state index contributed by atoms with van der Waals surface area (Å²) < 4.78 is 0. The quantitative estimate of drug-likeness (QED) is 0.716. The minimum absolute atomic E-state index is 0.128. The third-order valence-corrected chi connectivity index (χ3v) is 1.94. The van der Waals surface area contributed by atoms with E-state index < -0.39 is 0 Å². The van der Waals surface area contributed by atoms with Crippen molar-refractivity contribution in [2.45, 2.75) is 6.92 Å². The Balaban J connectivity index is 2.80. The van der Waals surface area contributed by atoms with Gasteiger partial charge in [0.15, 0.2) is 0 Å². The van der Waals surface area contributed by atoms with Crippen LogP contribution in [0.3, 0.4) is 0 Å². The Kier molecular flexibility index (Phi) is 4.13. The van der Waals surface area contributed by atoms with Gasteiger partial charge in [0.2, 0.25) is 0 Å². The van der Waals surface area contributed by atoms with Crippen LogP contribution in [0.15, 0.2) is 31.0 Å². The van der Waals surface area contributed by atoms with E-state index in [0.29, 0.717) is 13.1 Å². The molecule has 0 aromatic carbocycles. The van der Waals surface area contributed by atoms with Crippen molar-refractivity contribution in [2.75, 3.05) is 24.6 Å². The molecule has 3 heteroatoms. The van der Waals surface area contributed by atoms with Gasteiger partial charge in [-0.25, -0.2) is 4.98 Å². The molecule has 0 unspecified atom stereocenters. The van der Waals surface area contributed by atoms with Gasteiger partial charge >= 0.3 is 0 Å². The summed E-state index contributed by atoms with van der Waals surface area (Å²) in [5, 5.41) is 8.89. The number of aliphatic hydroxyl groups is 1. The Morgan fingerprint density at radius 2 is 2.43 bits per heavy atom. The zero-order valence-corrected chi connectivity index (χ0v) is 8.48. The molecule has 3 nitrogen and oxygen atoms in total. The van der Waals surface area contributed by atoms with Gasteiger partial charge in [-0.05, 0) is 24.6 Å². The molecule has 0 aliphatic carbocycles. The molecular weight excluding hydrogens is 176 g/mol. The highest BCUT2D eigenvalue weighted by atomic mass is 16.3. The summed E-state index contributed by atoms with van der Waals surface area (Å²) in [5.41, 5.74) is 1.17. The topological polar surface area (TPSA) is 36.4 Å². The molecule has 1 aromatic rings. The van der Waals surface area contributed by atoms with E-state index in [1.165, 1.54) is 5.56 Å². The fourth-order valence-corrected chi connectivity index (χ4v) is 1.27. The second-order valence-electron chi connectivity index (χ2n) is 3.15. The molecule has 0 spiro atoms. The fraction of sp³-hybridized carbons (Fsp3) is 0.364. The minimum atomic E-state index is 0.128. The maximum Gasteiger partial charge on any atom is 0.129 e. The Labute approximate surface area is 84.7 Å². The number of nitrogens with zero attached hydrogens (tertiary/aromatic N) is 2. The van der Waals surface area contributed by atoms with Crippen LogP contribution in [0.25, 0.3) is 0 Å². The van der Waals surface area contributed by atoms with Crippen molar-refractivity contribution in [1.82, 2.24) is 4.98 Å². The van der Waals surface area contributed by atoms with Gasteiger partial charge in [-0.1, -0.05) is 6.08 Å². The Morgan fingerprint density at radius 1 is 1.64 bits per heavy atom. The van der Waals surface area contributed by atoms with E-state index in [4.69, 9.17) is 5.11 Å². The van der Waals surface area contributed by atoms with Crippen molar-refractivity contribution in [3.63, 3.8) is 0 Å². The molecule has 0 aliphatic heterocycles. The minimum Gasteiger partial charge on any atom is -0.395 e. The average Bonchev–Trinajstić information content (AvgIpc) is 2.17. The molecule has 0 fully saturated rings. The first-order chi connectivity index (χ1) is 6.77. The lowest BCUT2D eigenvalue weighted by Gasteiger charge is -2.21. The molecule has 0 radical (unpaired) electrons. The third kappa shape index (κ3) is 2.85. The van der Waals surface area contributed by atoms with E-state index in [1.54, 1.807) is 12.3 Å². The molecule has 76 valence electrons. The molecule has 0 atom stereocenters. The predicted molar refractivity (Wildman–Crippen MR) is 58.5 cm³/mol. The fourth-order valence-electron chi connectivity index (χ4n) is 1.27. The van der Waals surface area contributed by atoms with Crippen LogP contribution in [0, 0.1) is 6.92 Å². The largest absolute Gasteiger partial charge is 0.395 e. The first-order valence-corrected chi connectivity index (χ1v) is 4.67. The molecular formula is C11H16N2O. The SMILES string of the molecule is C=CCN(CCO)c1cc(C)ccn1. The highest BCUT2D eigenvalue weighted by molar-refractivity contribution is 5.41. The van der Waals surface area contributed by atoms with Crippen molar-refractivity contribution < 1.29 is 5.11 Å². The van der Waals surface area contributed by atoms with E-state index >= 15 is 0 Å². The maximum absolute atomic E-state index is 8.89. The highest BCUT2D eigenvalue weighted by Crippen LogP contribution is 2.11. The normalized spacial score (nSPS) is 9.86. The number of pyridine rings is 1. The number of hydrogen-bond donors (Lipinski definition) is 1. The number of aliphatic hydroxyl groups excluding tert-OH is 1. The predicted octanol–water partition coefficient (Wildman–Crippen LogP) is 1.37. The Bertz CT molecular complexity index is 299. The van der Waals surface area contributed by atoms with Crippen molar-refractivity contribution >= 4 is 5.82 Å². The number of rotatable bonds is 5. The van der Waals surface area contributed by atoms with Gasteiger partial charge in [-0.2, -0.15) is 0 Å². The summed E-state index contributed by atoms with van der Waals surface area (Å²) in [7, 11) is 0. The number of anilines is 1. The van der Waals surface area contributed by atoms with Gasteiger partial charge in [0.05, 0.1) is 6.61 Å².